The first kappa shape index (κ1) is 23.7. The standard InChI is InChI=1S/C29H40N2O3/c1-18(14-26(34)31-17-20-6-4-5-13-30-20)22-7-8-23-27-24(10-12-29(22,23)3)28(2)11-9-21(32)15-19(28)16-25(27)33/h4-6,13,18-19,22-24,27H,7-12,14-17H2,1-3H3,(H,31,34)/t18-,19+,22?,23+,24+,27+,28+,29-/m1/s1. The number of pyridine rings is 1. The number of nitrogens with zero attached hydrogens (tertiary/aromatic N) is 1. The third-order valence-corrected chi connectivity index (χ3v) is 10.7. The molecule has 4 aliphatic rings. The maximum Gasteiger partial charge on any atom is 0.220 e. The van der Waals surface area contributed by atoms with Gasteiger partial charge in [-0.05, 0) is 84.7 Å². The number of ketones is 2. The van der Waals surface area contributed by atoms with Crippen molar-refractivity contribution in [3.8, 4) is 0 Å². The summed E-state index contributed by atoms with van der Waals surface area (Å²) in [5.74, 6) is 2.92. The number of rotatable bonds is 5. The van der Waals surface area contributed by atoms with Crippen molar-refractivity contribution in [1.82, 2.24) is 10.3 Å². The molecule has 0 aliphatic heterocycles. The highest BCUT2D eigenvalue weighted by Gasteiger charge is 2.63. The van der Waals surface area contributed by atoms with Gasteiger partial charge < -0.3 is 5.32 Å². The minimum Gasteiger partial charge on any atom is -0.350 e. The first-order valence-corrected chi connectivity index (χ1v) is 13.4. The highest BCUT2D eigenvalue weighted by atomic mass is 16.1. The van der Waals surface area contributed by atoms with Crippen LogP contribution < -0.4 is 5.32 Å². The largest absolute Gasteiger partial charge is 0.350 e. The molecule has 1 heterocycles. The summed E-state index contributed by atoms with van der Waals surface area (Å²) in [4.78, 5) is 42.7. The van der Waals surface area contributed by atoms with E-state index >= 15 is 0 Å². The van der Waals surface area contributed by atoms with Gasteiger partial charge in [-0.3, -0.25) is 19.4 Å². The second kappa shape index (κ2) is 8.87. The van der Waals surface area contributed by atoms with Crippen LogP contribution in [0.25, 0.3) is 0 Å². The number of aromatic nitrogens is 1. The summed E-state index contributed by atoms with van der Waals surface area (Å²) in [6.45, 7) is 7.51. The van der Waals surface area contributed by atoms with E-state index in [4.69, 9.17) is 0 Å². The third kappa shape index (κ3) is 3.93. The molecule has 5 rings (SSSR count). The lowest BCUT2D eigenvalue weighted by atomic mass is 9.44. The van der Waals surface area contributed by atoms with Crippen LogP contribution in [0.15, 0.2) is 24.4 Å². The second-order valence-corrected chi connectivity index (χ2v) is 12.4. The van der Waals surface area contributed by atoms with Gasteiger partial charge in [-0.2, -0.15) is 0 Å². The van der Waals surface area contributed by atoms with Gasteiger partial charge in [0.1, 0.15) is 11.6 Å². The summed E-state index contributed by atoms with van der Waals surface area (Å²) < 4.78 is 0. The van der Waals surface area contributed by atoms with Gasteiger partial charge in [0.2, 0.25) is 5.91 Å². The van der Waals surface area contributed by atoms with Gasteiger partial charge >= 0.3 is 0 Å². The van der Waals surface area contributed by atoms with Crippen LogP contribution in [0.1, 0.15) is 84.3 Å². The van der Waals surface area contributed by atoms with E-state index in [0.29, 0.717) is 67.5 Å². The van der Waals surface area contributed by atoms with Gasteiger partial charge in [-0.25, -0.2) is 0 Å². The van der Waals surface area contributed by atoms with Crippen molar-refractivity contribution in [2.45, 2.75) is 85.1 Å². The van der Waals surface area contributed by atoms with Gasteiger partial charge in [0, 0.05) is 37.8 Å². The van der Waals surface area contributed by atoms with E-state index in [1.165, 1.54) is 0 Å². The molecule has 8 atom stereocenters. The lowest BCUT2D eigenvalue weighted by molar-refractivity contribution is -0.159. The predicted molar refractivity (Wildman–Crippen MR) is 130 cm³/mol. The number of carbonyl (C=O) groups is 3. The number of hydrogen-bond donors (Lipinski definition) is 1. The molecule has 5 heteroatoms. The fraction of sp³-hybridized carbons (Fsp3) is 0.724. The van der Waals surface area contributed by atoms with E-state index in [2.05, 4.69) is 31.1 Å². The SMILES string of the molecule is C[C@H](CC(=O)NCc1ccccn1)C1CC[C@H]2[C@@H]3C(=O)C[C@@H]4CC(=O)CC[C@]4(C)[C@H]3CC[C@]12C. The lowest BCUT2D eigenvalue weighted by Gasteiger charge is -2.59. The Kier molecular flexibility index (Phi) is 6.18. The highest BCUT2D eigenvalue weighted by Crippen LogP contribution is 2.67. The van der Waals surface area contributed by atoms with Gasteiger partial charge in [0.05, 0.1) is 12.2 Å². The summed E-state index contributed by atoms with van der Waals surface area (Å²) in [7, 11) is 0. The zero-order valence-corrected chi connectivity index (χ0v) is 21.0. The molecule has 0 saturated heterocycles. The van der Waals surface area contributed by atoms with E-state index in [1.54, 1.807) is 6.20 Å². The quantitative estimate of drug-likeness (QED) is 0.655. The van der Waals surface area contributed by atoms with Crippen molar-refractivity contribution in [1.29, 1.82) is 0 Å². The number of hydrogen-bond acceptors (Lipinski definition) is 4. The Morgan fingerprint density at radius 2 is 1.88 bits per heavy atom. The average molecular weight is 465 g/mol. The number of Topliss-reactive ketones (excluding diaryl/α,β-unsaturated/α-hetero) is 2. The Morgan fingerprint density at radius 3 is 2.65 bits per heavy atom. The van der Waals surface area contributed by atoms with Crippen LogP contribution in [-0.4, -0.2) is 22.5 Å². The molecule has 0 radical (unpaired) electrons. The maximum absolute atomic E-state index is 13.5. The Morgan fingerprint density at radius 1 is 1.09 bits per heavy atom. The van der Waals surface area contributed by atoms with Crippen molar-refractivity contribution >= 4 is 17.5 Å². The van der Waals surface area contributed by atoms with E-state index in [1.807, 2.05) is 18.2 Å². The molecule has 34 heavy (non-hydrogen) atoms. The first-order chi connectivity index (χ1) is 16.2. The van der Waals surface area contributed by atoms with Crippen molar-refractivity contribution in [3.63, 3.8) is 0 Å². The van der Waals surface area contributed by atoms with Crippen LogP contribution >= 0.6 is 0 Å². The number of fused-ring (bicyclic) bond motifs is 5. The molecule has 1 unspecified atom stereocenters. The number of amides is 1. The number of carbonyl (C=O) groups excluding carboxylic acids is 3. The molecule has 1 amide bonds. The smallest absolute Gasteiger partial charge is 0.220 e. The minimum absolute atomic E-state index is 0.0925. The summed E-state index contributed by atoms with van der Waals surface area (Å²) in [6.07, 6.45) is 9.62. The minimum atomic E-state index is 0.0925. The summed E-state index contributed by atoms with van der Waals surface area (Å²) in [5.41, 5.74) is 1.15. The normalized spacial score (nSPS) is 40.1. The van der Waals surface area contributed by atoms with Gasteiger partial charge in [0.25, 0.3) is 0 Å². The molecule has 184 valence electrons. The van der Waals surface area contributed by atoms with E-state index in [0.717, 1.165) is 37.8 Å². The number of nitrogens with one attached hydrogen (secondary N) is 1. The Bertz CT molecular complexity index is 961. The fourth-order valence-corrected chi connectivity index (χ4v) is 8.90. The topological polar surface area (TPSA) is 76.1 Å². The third-order valence-electron chi connectivity index (χ3n) is 10.7. The Balaban J connectivity index is 1.27. The zero-order chi connectivity index (χ0) is 24.1. The second-order valence-electron chi connectivity index (χ2n) is 12.4. The molecular formula is C29H40N2O3. The highest BCUT2D eigenvalue weighted by molar-refractivity contribution is 5.86. The molecule has 1 N–H and O–H groups in total. The molecule has 0 aromatic carbocycles. The summed E-state index contributed by atoms with van der Waals surface area (Å²) >= 11 is 0. The van der Waals surface area contributed by atoms with Gasteiger partial charge in [-0.15, -0.1) is 0 Å². The molecule has 1 aromatic heterocycles. The van der Waals surface area contributed by atoms with E-state index in [9.17, 15) is 14.4 Å². The summed E-state index contributed by atoms with van der Waals surface area (Å²) in [5, 5.41) is 3.05. The molecule has 1 aromatic rings. The molecule has 4 fully saturated rings. The molecule has 4 saturated carbocycles. The van der Waals surface area contributed by atoms with Crippen LogP contribution in [0.5, 0.6) is 0 Å². The van der Waals surface area contributed by atoms with Crippen molar-refractivity contribution in [2.24, 2.45) is 46.3 Å². The molecule has 0 spiro atoms. The predicted octanol–water partition coefficient (Wildman–Crippen LogP) is 5.13. The lowest BCUT2D eigenvalue weighted by Crippen LogP contribution is -2.57. The Hall–Kier alpha value is -2.04. The molecule has 4 aliphatic carbocycles. The average Bonchev–Trinajstić information content (AvgIpc) is 3.17. The van der Waals surface area contributed by atoms with Gasteiger partial charge in [-0.1, -0.05) is 26.8 Å². The molecular weight excluding hydrogens is 424 g/mol. The van der Waals surface area contributed by atoms with E-state index in [-0.39, 0.29) is 28.6 Å². The van der Waals surface area contributed by atoms with Crippen LogP contribution in [0.2, 0.25) is 0 Å². The monoisotopic (exact) mass is 464 g/mol. The van der Waals surface area contributed by atoms with E-state index < -0.39 is 0 Å². The van der Waals surface area contributed by atoms with Crippen molar-refractivity contribution in [3.05, 3.63) is 30.1 Å². The Labute approximate surface area is 203 Å². The zero-order valence-electron chi connectivity index (χ0n) is 21.0. The first-order valence-electron chi connectivity index (χ1n) is 13.4. The fourth-order valence-electron chi connectivity index (χ4n) is 8.90. The summed E-state index contributed by atoms with van der Waals surface area (Å²) in [6, 6.07) is 5.75. The van der Waals surface area contributed by atoms with Crippen LogP contribution in [0.3, 0.4) is 0 Å². The maximum atomic E-state index is 13.5. The van der Waals surface area contributed by atoms with Crippen LogP contribution in [-0.2, 0) is 20.9 Å². The van der Waals surface area contributed by atoms with Crippen molar-refractivity contribution in [2.75, 3.05) is 0 Å². The van der Waals surface area contributed by atoms with Crippen LogP contribution in [0, 0.1) is 46.3 Å². The van der Waals surface area contributed by atoms with Gasteiger partial charge in [0.15, 0.2) is 0 Å². The molecule has 0 bridgehead atoms. The molecule has 5 nitrogen and oxygen atoms in total. The van der Waals surface area contributed by atoms with Crippen LogP contribution in [0.4, 0.5) is 0 Å². The van der Waals surface area contributed by atoms with Crippen molar-refractivity contribution < 1.29 is 14.4 Å².